The fraction of sp³-hybridized carbons (Fsp3) is 0. The molecule has 2 radical (unpaired) electrons. The van der Waals surface area contributed by atoms with Crippen molar-refractivity contribution in [3.63, 3.8) is 0 Å². The van der Waals surface area contributed by atoms with Crippen LogP contribution in [0.4, 0.5) is 0 Å². The molecule has 2 aliphatic heterocycles. The van der Waals surface area contributed by atoms with Gasteiger partial charge < -0.3 is 0 Å². The van der Waals surface area contributed by atoms with Gasteiger partial charge in [0.15, 0.2) is 0 Å². The molecule has 16 heavy (non-hydrogen) atoms. The molecule has 8 heteroatoms. The van der Waals surface area contributed by atoms with Crippen molar-refractivity contribution < 1.29 is 0 Å². The molecule has 0 bridgehead atoms. The Bertz CT molecular complexity index is 381. The second-order valence-corrected chi connectivity index (χ2v) is 34.3. The average Bonchev–Trinajstić information content (AvgIpc) is 2.87. The molecular formula is C8H8S4Se4. The number of thioether (sulfide) groups is 3. The third kappa shape index (κ3) is 3.30. The van der Waals surface area contributed by atoms with Gasteiger partial charge in [0.25, 0.3) is 0 Å². The molecule has 0 atom stereocenters. The van der Waals surface area contributed by atoms with Crippen molar-refractivity contribution in [3.8, 4) is 0 Å². The first-order valence-electron chi connectivity index (χ1n) is 3.92. The third-order valence-corrected chi connectivity index (χ3v) is 55.0. The summed E-state index contributed by atoms with van der Waals surface area (Å²) in [6, 6.07) is 0. The summed E-state index contributed by atoms with van der Waals surface area (Å²) in [5.74, 6) is 0. The Morgan fingerprint density at radius 2 is 1.56 bits per heavy atom. The molecule has 0 aromatic heterocycles. The molecule has 0 saturated carbocycles. The van der Waals surface area contributed by atoms with E-state index in [9.17, 15) is 0 Å². The van der Waals surface area contributed by atoms with Crippen LogP contribution in [0.25, 0.3) is 0 Å². The fourth-order valence-corrected chi connectivity index (χ4v) is 74.7. The molecule has 2 heterocycles. The molecule has 0 aromatic carbocycles. The molecule has 88 valence electrons. The van der Waals surface area contributed by atoms with Crippen LogP contribution in [-0.2, 0) is 0 Å². The van der Waals surface area contributed by atoms with Crippen LogP contribution in [0.1, 0.15) is 0 Å². The minimum absolute atomic E-state index is 0.550. The van der Waals surface area contributed by atoms with Gasteiger partial charge >= 0.3 is 133 Å². The normalized spacial score (nSPS) is 23.8. The van der Waals surface area contributed by atoms with E-state index >= 15 is 0 Å². The quantitative estimate of drug-likeness (QED) is 0.496. The molecule has 0 N–H and O–H groups in total. The van der Waals surface area contributed by atoms with E-state index in [0.717, 1.165) is 24.0 Å². The van der Waals surface area contributed by atoms with E-state index in [1.165, 1.54) is 0 Å². The van der Waals surface area contributed by atoms with E-state index < -0.39 is 6.86 Å². The monoisotopic (exact) mass is 552 g/mol. The maximum absolute atomic E-state index is 4.15. The molecule has 2 rings (SSSR count). The Kier molecular flexibility index (Phi) is 6.75. The fourth-order valence-electron chi connectivity index (χ4n) is 1.02. The van der Waals surface area contributed by atoms with Gasteiger partial charge in [-0.3, -0.25) is 0 Å². The van der Waals surface area contributed by atoms with Gasteiger partial charge in [0.2, 0.25) is 0 Å². The Hall–Kier alpha value is 2.44. The van der Waals surface area contributed by atoms with Gasteiger partial charge in [0, 0.05) is 0 Å². The first-order chi connectivity index (χ1) is 7.82. The zero-order valence-corrected chi connectivity index (χ0v) is 18.1. The maximum atomic E-state index is 4.15. The van der Waals surface area contributed by atoms with Crippen LogP contribution >= 0.6 is 42.1 Å². The minimum atomic E-state index is -0.550. The van der Waals surface area contributed by atoms with Crippen molar-refractivity contribution in [2.24, 2.45) is 0 Å². The summed E-state index contributed by atoms with van der Waals surface area (Å²) in [5, 5.41) is 9.29. The zero-order valence-electron chi connectivity index (χ0n) is 7.99. The van der Waals surface area contributed by atoms with Gasteiger partial charge in [-0.1, -0.05) is 0 Å². The number of rotatable bonds is 4. The number of hydrogen-bond donors (Lipinski definition) is 0. The van der Waals surface area contributed by atoms with Crippen molar-refractivity contribution in [1.29, 1.82) is 0 Å². The molecular weight excluding hydrogens is 540 g/mol. The van der Waals surface area contributed by atoms with E-state index in [2.05, 4.69) is 32.5 Å². The van der Waals surface area contributed by atoms with Crippen molar-refractivity contribution in [2.45, 2.75) is 0 Å². The third-order valence-electron chi connectivity index (χ3n) is 1.54. The van der Waals surface area contributed by atoms with Crippen LogP contribution in [-0.4, -0.2) is 60.3 Å². The molecule has 0 amide bonds. The Labute approximate surface area is 130 Å². The topological polar surface area (TPSA) is 0 Å². The van der Waals surface area contributed by atoms with Crippen LogP contribution in [0, 0.1) is 0 Å². The Morgan fingerprint density at radius 3 is 2.12 bits per heavy atom. The van der Waals surface area contributed by atoms with Crippen molar-refractivity contribution in [3.05, 3.63) is 30.1 Å². The average molecular weight is 548 g/mol. The first-order valence-corrected chi connectivity index (χ1v) is 23.4. The molecule has 0 unspecified atom stereocenters. The van der Waals surface area contributed by atoms with Crippen LogP contribution in [0.2, 0.25) is 0 Å². The van der Waals surface area contributed by atoms with Gasteiger partial charge in [-0.25, -0.2) is 0 Å². The van der Waals surface area contributed by atoms with Crippen molar-refractivity contribution in [1.82, 2.24) is 0 Å². The molecule has 0 spiro atoms. The summed E-state index contributed by atoms with van der Waals surface area (Å²) in [5.41, 5.74) is 8.30. The summed E-state index contributed by atoms with van der Waals surface area (Å²) in [6.45, 7) is -0.550. The van der Waals surface area contributed by atoms with Gasteiger partial charge in [-0.05, 0) is 0 Å². The predicted octanol–water partition coefficient (Wildman–Crippen LogP) is 2.43. The summed E-state index contributed by atoms with van der Waals surface area (Å²) in [4.78, 5) is 0. The summed E-state index contributed by atoms with van der Waals surface area (Å²) in [7, 11) is 0. The van der Waals surface area contributed by atoms with E-state index in [4.69, 9.17) is 0 Å². The van der Waals surface area contributed by atoms with Crippen LogP contribution < -0.4 is 0 Å². The molecule has 0 aliphatic carbocycles. The molecule has 2 aliphatic rings. The molecule has 0 fully saturated rings. The zero-order chi connectivity index (χ0) is 11.4. The molecule has 0 saturated heterocycles. The van der Waals surface area contributed by atoms with E-state index in [0.29, 0.717) is 25.4 Å². The summed E-state index contributed by atoms with van der Waals surface area (Å²) in [6.07, 6.45) is 0. The predicted molar refractivity (Wildman–Crippen MR) is 92.9 cm³/mol. The van der Waals surface area contributed by atoms with Gasteiger partial charge in [-0.2, -0.15) is 0 Å². The van der Waals surface area contributed by atoms with E-state index in [-0.39, 0.29) is 0 Å². The second-order valence-electron chi connectivity index (χ2n) is 2.39. The summed E-state index contributed by atoms with van der Waals surface area (Å²) >= 11 is 8.47. The van der Waals surface area contributed by atoms with E-state index in [1.54, 1.807) is 8.47 Å². The van der Waals surface area contributed by atoms with Crippen LogP contribution in [0.3, 0.4) is 0 Å². The number of hydrogen-bond acceptors (Lipinski definition) is 3. The van der Waals surface area contributed by atoms with Crippen LogP contribution in [0.15, 0.2) is 30.1 Å². The molecule has 0 aromatic rings. The molecule has 0 nitrogen and oxygen atoms in total. The second kappa shape index (κ2) is 7.28. The van der Waals surface area contributed by atoms with Gasteiger partial charge in [0.05, 0.1) is 0 Å². The summed E-state index contributed by atoms with van der Waals surface area (Å²) < 4.78 is 3.24. The SMILES string of the molecule is C=[Se][Se]S1([Se][Se]=C)C=CSC1=C1SC=CS1. The van der Waals surface area contributed by atoms with Crippen molar-refractivity contribution in [2.75, 3.05) is 0 Å². The standard InChI is InChI=1S/C8H8S4Se4/c1-13-15-12(16-14-2)6-5-11-8(12)7-9-3-4-10-7/h3-6H,1-2H2. The van der Waals surface area contributed by atoms with Gasteiger partial charge in [-0.15, -0.1) is 0 Å². The van der Waals surface area contributed by atoms with Crippen LogP contribution in [0.5, 0.6) is 0 Å². The van der Waals surface area contributed by atoms with Gasteiger partial charge in [0.1, 0.15) is 0 Å². The Morgan fingerprint density at radius 1 is 0.938 bits per heavy atom. The van der Waals surface area contributed by atoms with E-state index in [1.807, 2.05) is 35.3 Å². The van der Waals surface area contributed by atoms with Crippen molar-refractivity contribution >= 4 is 102 Å². The first kappa shape index (κ1) is 14.8. The Balaban J connectivity index is 2.34.